The molecule has 0 spiro atoms. The van der Waals surface area contributed by atoms with Gasteiger partial charge in [0.1, 0.15) is 11.7 Å². The van der Waals surface area contributed by atoms with Gasteiger partial charge in [0, 0.05) is 16.8 Å². The van der Waals surface area contributed by atoms with E-state index < -0.39 is 0 Å². The highest BCUT2D eigenvalue weighted by Gasteiger charge is 2.02. The second-order valence-corrected chi connectivity index (χ2v) is 3.29. The Morgan fingerprint density at radius 1 is 1.38 bits per heavy atom. The maximum atomic E-state index is 8.61. The third-order valence-corrected chi connectivity index (χ3v) is 2.49. The van der Waals surface area contributed by atoms with Crippen molar-refractivity contribution in [1.82, 2.24) is 0 Å². The third kappa shape index (κ3) is 1.45. The molecule has 2 aromatic rings. The van der Waals surface area contributed by atoms with Gasteiger partial charge in [-0.1, -0.05) is 22.0 Å². The molecule has 0 amide bonds. The van der Waals surface area contributed by atoms with Crippen LogP contribution in [0.25, 0.3) is 11.0 Å². The van der Waals surface area contributed by atoms with Crippen LogP contribution in [0.15, 0.2) is 28.7 Å². The maximum Gasteiger partial charge on any atom is 0.204 e. The minimum atomic E-state index is 0.363. The van der Waals surface area contributed by atoms with Crippen molar-refractivity contribution in [3.8, 4) is 6.07 Å². The molecule has 3 heteroatoms. The Hall–Kier alpha value is -1.27. The highest BCUT2D eigenvalue weighted by Crippen LogP contribution is 2.21. The molecule has 0 N–H and O–H groups in total. The SMILES string of the molecule is N#Cc1cc2cc(CBr)ccc2o1. The molecular formula is C10H6BrNO. The lowest BCUT2D eigenvalue weighted by molar-refractivity contribution is 0.599. The second kappa shape index (κ2) is 3.23. The molecule has 0 unspecified atom stereocenters. The number of nitriles is 1. The van der Waals surface area contributed by atoms with Gasteiger partial charge in [-0.2, -0.15) is 5.26 Å². The van der Waals surface area contributed by atoms with E-state index in [4.69, 9.17) is 9.68 Å². The maximum absolute atomic E-state index is 8.61. The predicted octanol–water partition coefficient (Wildman–Crippen LogP) is 3.20. The van der Waals surface area contributed by atoms with Crippen molar-refractivity contribution in [2.24, 2.45) is 0 Å². The fourth-order valence-electron chi connectivity index (χ4n) is 1.23. The Morgan fingerprint density at radius 3 is 2.92 bits per heavy atom. The van der Waals surface area contributed by atoms with Crippen molar-refractivity contribution in [2.45, 2.75) is 5.33 Å². The number of hydrogen-bond acceptors (Lipinski definition) is 2. The van der Waals surface area contributed by atoms with Gasteiger partial charge >= 0.3 is 0 Å². The molecule has 64 valence electrons. The van der Waals surface area contributed by atoms with Crippen LogP contribution in [-0.4, -0.2) is 0 Å². The zero-order chi connectivity index (χ0) is 9.26. The highest BCUT2D eigenvalue weighted by molar-refractivity contribution is 9.08. The molecule has 1 aromatic heterocycles. The average Bonchev–Trinajstić information content (AvgIpc) is 2.58. The van der Waals surface area contributed by atoms with E-state index in [0.717, 1.165) is 16.3 Å². The zero-order valence-electron chi connectivity index (χ0n) is 6.75. The summed E-state index contributed by atoms with van der Waals surface area (Å²) in [6.45, 7) is 0. The molecular weight excluding hydrogens is 230 g/mol. The van der Waals surface area contributed by atoms with Crippen molar-refractivity contribution in [2.75, 3.05) is 0 Å². The van der Waals surface area contributed by atoms with Gasteiger partial charge in [0.05, 0.1) is 0 Å². The summed E-state index contributed by atoms with van der Waals surface area (Å²) in [6.07, 6.45) is 0. The largest absolute Gasteiger partial charge is 0.446 e. The molecule has 0 radical (unpaired) electrons. The molecule has 0 saturated heterocycles. The van der Waals surface area contributed by atoms with Crippen LogP contribution >= 0.6 is 15.9 Å². The summed E-state index contributed by atoms with van der Waals surface area (Å²) in [5.41, 5.74) is 1.94. The summed E-state index contributed by atoms with van der Waals surface area (Å²) in [4.78, 5) is 0. The van der Waals surface area contributed by atoms with Crippen LogP contribution in [-0.2, 0) is 5.33 Å². The van der Waals surface area contributed by atoms with Gasteiger partial charge in [0.2, 0.25) is 5.76 Å². The van der Waals surface area contributed by atoms with Crippen molar-refractivity contribution in [3.63, 3.8) is 0 Å². The summed E-state index contributed by atoms with van der Waals surface area (Å²) in [5.74, 6) is 0.363. The lowest BCUT2D eigenvalue weighted by Gasteiger charge is -1.92. The number of furan rings is 1. The molecule has 0 fully saturated rings. The minimum absolute atomic E-state index is 0.363. The van der Waals surface area contributed by atoms with Crippen LogP contribution in [0.3, 0.4) is 0 Å². The van der Waals surface area contributed by atoms with Crippen molar-refractivity contribution in [3.05, 3.63) is 35.6 Å². The lowest BCUT2D eigenvalue weighted by atomic mass is 10.2. The molecule has 0 saturated carbocycles. The number of halogens is 1. The van der Waals surface area contributed by atoms with Crippen LogP contribution in [0.1, 0.15) is 11.3 Å². The van der Waals surface area contributed by atoms with E-state index in [1.807, 2.05) is 24.3 Å². The van der Waals surface area contributed by atoms with E-state index in [0.29, 0.717) is 5.76 Å². The Labute approximate surface area is 83.9 Å². The smallest absolute Gasteiger partial charge is 0.204 e. The standard InChI is InChI=1S/C10H6BrNO/c11-5-7-1-2-10-8(3-7)4-9(6-12)13-10/h1-4H,5H2. The molecule has 0 aliphatic heterocycles. The molecule has 0 aliphatic carbocycles. The number of alkyl halides is 1. The first-order valence-corrected chi connectivity index (χ1v) is 4.94. The van der Waals surface area contributed by atoms with Gasteiger partial charge in [0.15, 0.2) is 0 Å². The van der Waals surface area contributed by atoms with Crippen molar-refractivity contribution >= 4 is 26.9 Å². The predicted molar refractivity (Wildman–Crippen MR) is 53.6 cm³/mol. The molecule has 2 rings (SSSR count). The molecule has 0 atom stereocenters. The van der Waals surface area contributed by atoms with Gasteiger partial charge < -0.3 is 4.42 Å². The van der Waals surface area contributed by atoms with Gasteiger partial charge in [-0.05, 0) is 17.7 Å². The first-order chi connectivity index (χ1) is 6.33. The highest BCUT2D eigenvalue weighted by atomic mass is 79.9. The normalized spacial score (nSPS) is 10.2. The molecule has 1 aromatic carbocycles. The topological polar surface area (TPSA) is 36.9 Å². The Bertz CT molecular complexity index is 481. The van der Waals surface area contributed by atoms with Crippen LogP contribution in [0.2, 0.25) is 0 Å². The van der Waals surface area contributed by atoms with Gasteiger partial charge in [0.25, 0.3) is 0 Å². The van der Waals surface area contributed by atoms with E-state index in [1.54, 1.807) is 6.07 Å². The van der Waals surface area contributed by atoms with E-state index in [1.165, 1.54) is 5.56 Å². The molecule has 0 bridgehead atoms. The van der Waals surface area contributed by atoms with Gasteiger partial charge in [-0.25, -0.2) is 0 Å². The second-order valence-electron chi connectivity index (χ2n) is 2.73. The van der Waals surface area contributed by atoms with Crippen LogP contribution in [0.5, 0.6) is 0 Å². The number of hydrogen-bond donors (Lipinski definition) is 0. The third-order valence-electron chi connectivity index (χ3n) is 1.85. The van der Waals surface area contributed by atoms with E-state index in [9.17, 15) is 0 Å². The van der Waals surface area contributed by atoms with E-state index in [2.05, 4.69) is 15.9 Å². The van der Waals surface area contributed by atoms with Gasteiger partial charge in [-0.3, -0.25) is 0 Å². The average molecular weight is 236 g/mol. The van der Waals surface area contributed by atoms with Crippen LogP contribution < -0.4 is 0 Å². The van der Waals surface area contributed by atoms with Crippen LogP contribution in [0, 0.1) is 11.3 Å². The number of nitrogens with zero attached hydrogens (tertiary/aromatic N) is 1. The van der Waals surface area contributed by atoms with Gasteiger partial charge in [-0.15, -0.1) is 0 Å². The summed E-state index contributed by atoms with van der Waals surface area (Å²) >= 11 is 3.37. The fraction of sp³-hybridized carbons (Fsp3) is 0.100. The van der Waals surface area contributed by atoms with Crippen LogP contribution in [0.4, 0.5) is 0 Å². The minimum Gasteiger partial charge on any atom is -0.446 e. The summed E-state index contributed by atoms with van der Waals surface area (Å²) < 4.78 is 5.24. The summed E-state index contributed by atoms with van der Waals surface area (Å²) in [6, 6.07) is 9.59. The molecule has 13 heavy (non-hydrogen) atoms. The number of benzene rings is 1. The van der Waals surface area contributed by atoms with E-state index >= 15 is 0 Å². The quantitative estimate of drug-likeness (QED) is 0.713. The van der Waals surface area contributed by atoms with E-state index in [-0.39, 0.29) is 0 Å². The summed E-state index contributed by atoms with van der Waals surface area (Å²) in [5, 5.41) is 10.4. The molecule has 1 heterocycles. The number of fused-ring (bicyclic) bond motifs is 1. The summed E-state index contributed by atoms with van der Waals surface area (Å²) in [7, 11) is 0. The zero-order valence-corrected chi connectivity index (χ0v) is 8.34. The Kier molecular flexibility index (Phi) is 2.07. The lowest BCUT2D eigenvalue weighted by Crippen LogP contribution is -1.73. The first-order valence-electron chi connectivity index (χ1n) is 3.82. The van der Waals surface area contributed by atoms with Crippen molar-refractivity contribution < 1.29 is 4.42 Å². The molecule has 2 nitrogen and oxygen atoms in total. The Balaban J connectivity index is 2.65. The van der Waals surface area contributed by atoms with Crippen molar-refractivity contribution in [1.29, 1.82) is 5.26 Å². The number of rotatable bonds is 1. The fourth-order valence-corrected chi connectivity index (χ4v) is 1.58. The first kappa shape index (κ1) is 8.33. The monoisotopic (exact) mass is 235 g/mol. The Morgan fingerprint density at radius 2 is 2.23 bits per heavy atom. The molecule has 0 aliphatic rings.